The van der Waals surface area contributed by atoms with E-state index in [4.69, 9.17) is 0 Å². The SMILES string of the molecule is CCCCCCCC[C@@H](O)c1ccc(-c2ccc(C)cc2)nc1C(F)(F)F. The predicted molar refractivity (Wildman–Crippen MR) is 102 cm³/mol. The van der Waals surface area contributed by atoms with Gasteiger partial charge in [0.2, 0.25) is 0 Å². The lowest BCUT2D eigenvalue weighted by Crippen LogP contribution is -2.15. The molecule has 1 aromatic heterocycles. The maximum absolute atomic E-state index is 13.5. The topological polar surface area (TPSA) is 33.1 Å². The van der Waals surface area contributed by atoms with Crippen LogP contribution in [0.15, 0.2) is 36.4 Å². The zero-order valence-electron chi connectivity index (χ0n) is 16.0. The summed E-state index contributed by atoms with van der Waals surface area (Å²) in [5.74, 6) is 0. The maximum Gasteiger partial charge on any atom is 0.433 e. The van der Waals surface area contributed by atoms with E-state index in [1.165, 1.54) is 12.5 Å². The van der Waals surface area contributed by atoms with Crippen LogP contribution in [-0.4, -0.2) is 10.1 Å². The summed E-state index contributed by atoms with van der Waals surface area (Å²) < 4.78 is 40.6. The second kappa shape index (κ2) is 9.88. The van der Waals surface area contributed by atoms with E-state index in [0.29, 0.717) is 18.4 Å². The van der Waals surface area contributed by atoms with Crippen molar-refractivity contribution in [3.8, 4) is 11.3 Å². The summed E-state index contributed by atoms with van der Waals surface area (Å²) in [5.41, 5.74) is 0.799. The van der Waals surface area contributed by atoms with Gasteiger partial charge in [0.15, 0.2) is 5.69 Å². The molecule has 0 spiro atoms. The molecule has 0 bridgehead atoms. The van der Waals surface area contributed by atoms with Crippen LogP contribution in [0, 0.1) is 6.92 Å². The fourth-order valence-electron chi connectivity index (χ4n) is 3.12. The molecule has 0 aliphatic carbocycles. The number of hydrogen-bond acceptors (Lipinski definition) is 2. The first-order valence-corrected chi connectivity index (χ1v) is 9.66. The van der Waals surface area contributed by atoms with Gasteiger partial charge in [-0.05, 0) is 19.4 Å². The second-order valence-electron chi connectivity index (χ2n) is 7.07. The molecule has 27 heavy (non-hydrogen) atoms. The first-order valence-electron chi connectivity index (χ1n) is 9.66. The van der Waals surface area contributed by atoms with Gasteiger partial charge in [0.1, 0.15) is 0 Å². The van der Waals surface area contributed by atoms with Crippen LogP contribution in [0.4, 0.5) is 13.2 Å². The van der Waals surface area contributed by atoms with Gasteiger partial charge >= 0.3 is 6.18 Å². The van der Waals surface area contributed by atoms with E-state index in [2.05, 4.69) is 11.9 Å². The number of aromatic nitrogens is 1. The molecule has 0 saturated heterocycles. The van der Waals surface area contributed by atoms with Crippen molar-refractivity contribution in [1.82, 2.24) is 4.98 Å². The number of benzene rings is 1. The molecule has 1 heterocycles. The van der Waals surface area contributed by atoms with E-state index in [9.17, 15) is 18.3 Å². The largest absolute Gasteiger partial charge is 0.433 e. The summed E-state index contributed by atoms with van der Waals surface area (Å²) in [6.45, 7) is 4.05. The molecule has 1 atom stereocenters. The molecular formula is C22H28F3NO. The minimum atomic E-state index is -4.60. The van der Waals surface area contributed by atoms with Gasteiger partial charge in [-0.15, -0.1) is 0 Å². The molecule has 5 heteroatoms. The van der Waals surface area contributed by atoms with Gasteiger partial charge in [0.25, 0.3) is 0 Å². The van der Waals surface area contributed by atoms with E-state index in [1.807, 2.05) is 19.1 Å². The van der Waals surface area contributed by atoms with Gasteiger partial charge in [0, 0.05) is 11.1 Å². The molecule has 0 radical (unpaired) electrons. The lowest BCUT2D eigenvalue weighted by atomic mass is 9.99. The number of alkyl halides is 3. The van der Waals surface area contributed by atoms with Crippen molar-refractivity contribution >= 4 is 0 Å². The van der Waals surface area contributed by atoms with Crippen LogP contribution in [0.3, 0.4) is 0 Å². The molecule has 0 unspecified atom stereocenters. The number of hydrogen-bond donors (Lipinski definition) is 1. The Kier molecular flexibility index (Phi) is 7.84. The average molecular weight is 379 g/mol. The summed E-state index contributed by atoms with van der Waals surface area (Å²) >= 11 is 0. The smallest absolute Gasteiger partial charge is 0.388 e. The lowest BCUT2D eigenvalue weighted by Gasteiger charge is -2.18. The monoisotopic (exact) mass is 379 g/mol. The Bertz CT molecular complexity index is 710. The van der Waals surface area contributed by atoms with Crippen LogP contribution in [0.2, 0.25) is 0 Å². The Labute approximate surface area is 159 Å². The summed E-state index contributed by atoms with van der Waals surface area (Å²) in [5, 5.41) is 10.3. The molecule has 1 N–H and O–H groups in total. The van der Waals surface area contributed by atoms with Crippen LogP contribution < -0.4 is 0 Å². The van der Waals surface area contributed by atoms with Crippen molar-refractivity contribution in [2.75, 3.05) is 0 Å². The molecule has 2 aromatic rings. The summed E-state index contributed by atoms with van der Waals surface area (Å²) in [6, 6.07) is 10.1. The van der Waals surface area contributed by atoms with Gasteiger partial charge < -0.3 is 5.11 Å². The Morgan fingerprint density at radius 1 is 0.926 bits per heavy atom. The molecule has 1 aromatic carbocycles. The average Bonchev–Trinajstić information content (AvgIpc) is 2.64. The molecule has 2 nitrogen and oxygen atoms in total. The molecule has 0 saturated carbocycles. The number of nitrogens with zero attached hydrogens (tertiary/aromatic N) is 1. The van der Waals surface area contributed by atoms with Crippen molar-refractivity contribution in [3.05, 3.63) is 53.2 Å². The molecule has 0 fully saturated rings. The van der Waals surface area contributed by atoms with Crippen molar-refractivity contribution in [2.45, 2.75) is 71.1 Å². The Balaban J connectivity index is 2.14. The van der Waals surface area contributed by atoms with E-state index < -0.39 is 18.0 Å². The summed E-state index contributed by atoms with van der Waals surface area (Å²) in [7, 11) is 0. The van der Waals surface area contributed by atoms with Crippen LogP contribution in [-0.2, 0) is 6.18 Å². The Morgan fingerprint density at radius 3 is 2.19 bits per heavy atom. The minimum Gasteiger partial charge on any atom is -0.388 e. The number of pyridine rings is 1. The van der Waals surface area contributed by atoms with Crippen molar-refractivity contribution in [2.24, 2.45) is 0 Å². The number of rotatable bonds is 9. The van der Waals surface area contributed by atoms with Crippen LogP contribution >= 0.6 is 0 Å². The molecule has 0 aliphatic heterocycles. The number of aliphatic hydroxyl groups excluding tert-OH is 1. The minimum absolute atomic E-state index is 0.132. The van der Waals surface area contributed by atoms with E-state index in [0.717, 1.165) is 31.2 Å². The quantitative estimate of drug-likeness (QED) is 0.483. The first kappa shape index (κ1) is 21.4. The van der Waals surface area contributed by atoms with Crippen LogP contribution in [0.1, 0.15) is 74.8 Å². The molecule has 0 aliphatic rings. The highest BCUT2D eigenvalue weighted by atomic mass is 19.4. The van der Waals surface area contributed by atoms with Gasteiger partial charge in [-0.1, -0.05) is 81.3 Å². The third-order valence-corrected chi connectivity index (χ3v) is 4.73. The first-order chi connectivity index (χ1) is 12.8. The van der Waals surface area contributed by atoms with Gasteiger partial charge in [-0.25, -0.2) is 4.98 Å². The molecule has 2 rings (SSSR count). The fourth-order valence-corrected chi connectivity index (χ4v) is 3.12. The highest BCUT2D eigenvalue weighted by molar-refractivity contribution is 5.60. The molecular weight excluding hydrogens is 351 g/mol. The van der Waals surface area contributed by atoms with Crippen LogP contribution in [0.25, 0.3) is 11.3 Å². The summed E-state index contributed by atoms with van der Waals surface area (Å²) in [4.78, 5) is 3.85. The number of aryl methyl sites for hydroxylation is 1. The normalized spacial score (nSPS) is 13.0. The standard InChI is InChI=1S/C22H28F3NO/c1-3-4-5-6-7-8-9-20(27)18-14-15-19(26-21(18)22(23,24)25)17-12-10-16(2)11-13-17/h10-15,20,27H,3-9H2,1-2H3/t20-/m1/s1. The third-order valence-electron chi connectivity index (χ3n) is 4.73. The van der Waals surface area contributed by atoms with Gasteiger partial charge in [0.05, 0.1) is 11.8 Å². The van der Waals surface area contributed by atoms with Gasteiger partial charge in [-0.3, -0.25) is 0 Å². The van der Waals surface area contributed by atoms with E-state index >= 15 is 0 Å². The van der Waals surface area contributed by atoms with Crippen molar-refractivity contribution in [1.29, 1.82) is 0 Å². The zero-order chi connectivity index (χ0) is 19.9. The third kappa shape index (κ3) is 6.35. The lowest BCUT2D eigenvalue weighted by molar-refractivity contribution is -0.142. The molecule has 148 valence electrons. The van der Waals surface area contributed by atoms with Crippen molar-refractivity contribution in [3.63, 3.8) is 0 Å². The highest BCUT2D eigenvalue weighted by Crippen LogP contribution is 2.36. The number of aliphatic hydroxyl groups is 1. The van der Waals surface area contributed by atoms with Gasteiger partial charge in [-0.2, -0.15) is 13.2 Å². The second-order valence-corrected chi connectivity index (χ2v) is 7.07. The zero-order valence-corrected chi connectivity index (χ0v) is 16.0. The maximum atomic E-state index is 13.5. The van der Waals surface area contributed by atoms with E-state index in [-0.39, 0.29) is 11.3 Å². The Hall–Kier alpha value is -1.88. The highest BCUT2D eigenvalue weighted by Gasteiger charge is 2.37. The Morgan fingerprint density at radius 2 is 1.56 bits per heavy atom. The predicted octanol–water partition coefficient (Wildman–Crippen LogP) is 6.86. The van der Waals surface area contributed by atoms with E-state index in [1.54, 1.807) is 18.2 Å². The summed E-state index contributed by atoms with van der Waals surface area (Å²) in [6.07, 6.45) is 0.715. The molecule has 0 amide bonds. The fraction of sp³-hybridized carbons (Fsp3) is 0.500. The number of halogens is 3. The number of unbranched alkanes of at least 4 members (excludes halogenated alkanes) is 5. The van der Waals surface area contributed by atoms with Crippen molar-refractivity contribution < 1.29 is 18.3 Å². The van der Waals surface area contributed by atoms with Crippen LogP contribution in [0.5, 0.6) is 0 Å².